The van der Waals surface area contributed by atoms with Gasteiger partial charge in [0.15, 0.2) is 0 Å². The quantitative estimate of drug-likeness (QED) is 0.320. The first-order chi connectivity index (χ1) is 13.6. The van der Waals surface area contributed by atoms with Crippen molar-refractivity contribution in [2.24, 2.45) is 5.10 Å². The van der Waals surface area contributed by atoms with Gasteiger partial charge in [0.1, 0.15) is 5.69 Å². The van der Waals surface area contributed by atoms with Gasteiger partial charge in [-0.15, -0.1) is 0 Å². The van der Waals surface area contributed by atoms with E-state index in [0.29, 0.717) is 15.7 Å². The molecule has 4 rings (SSSR count). The molecule has 0 aliphatic heterocycles. The molecule has 2 N–H and O–H groups in total. The van der Waals surface area contributed by atoms with E-state index in [9.17, 15) is 4.79 Å². The number of amides is 1. The van der Waals surface area contributed by atoms with Crippen LogP contribution in [0.2, 0.25) is 10.0 Å². The molecular formula is C22H15Cl2N3O. The molecule has 0 atom stereocenters. The van der Waals surface area contributed by atoms with Crippen LogP contribution in [0.4, 0.5) is 0 Å². The molecule has 0 saturated carbocycles. The van der Waals surface area contributed by atoms with Gasteiger partial charge < -0.3 is 4.98 Å². The fourth-order valence-electron chi connectivity index (χ4n) is 3.00. The summed E-state index contributed by atoms with van der Waals surface area (Å²) in [5.41, 5.74) is 6.44. The van der Waals surface area contributed by atoms with Crippen LogP contribution in [0.1, 0.15) is 16.1 Å². The van der Waals surface area contributed by atoms with Crippen molar-refractivity contribution in [2.75, 3.05) is 0 Å². The Morgan fingerprint density at radius 1 is 0.893 bits per heavy atom. The normalized spacial score (nSPS) is 11.2. The van der Waals surface area contributed by atoms with Crippen molar-refractivity contribution in [1.29, 1.82) is 0 Å². The van der Waals surface area contributed by atoms with Gasteiger partial charge in [-0.05, 0) is 41.5 Å². The standard InChI is InChI=1S/C22H15Cl2N3O/c23-16-9-5-14(6-10-16)13-25-27-22(28)21-20(15-7-11-17(24)12-8-15)18-3-1-2-4-19(18)26-21/h1-13,26H,(H,27,28)/b25-13+. The summed E-state index contributed by atoms with van der Waals surface area (Å²) in [5.74, 6) is -0.327. The molecule has 6 heteroatoms. The number of hydrogen-bond donors (Lipinski definition) is 2. The number of nitrogens with one attached hydrogen (secondary N) is 2. The van der Waals surface area contributed by atoms with Crippen LogP contribution in [0.15, 0.2) is 77.9 Å². The molecule has 0 aliphatic carbocycles. The average molecular weight is 408 g/mol. The van der Waals surface area contributed by atoms with Crippen molar-refractivity contribution >= 4 is 46.2 Å². The number of aromatic amines is 1. The van der Waals surface area contributed by atoms with E-state index in [1.807, 2.05) is 48.5 Å². The number of H-pyrrole nitrogens is 1. The lowest BCUT2D eigenvalue weighted by molar-refractivity contribution is 0.0951. The smallest absolute Gasteiger partial charge is 0.288 e. The van der Waals surface area contributed by atoms with Crippen LogP contribution in [-0.2, 0) is 0 Å². The number of aromatic nitrogens is 1. The lowest BCUT2D eigenvalue weighted by atomic mass is 10.0. The van der Waals surface area contributed by atoms with Crippen molar-refractivity contribution in [3.63, 3.8) is 0 Å². The summed E-state index contributed by atoms with van der Waals surface area (Å²) in [5, 5.41) is 6.30. The van der Waals surface area contributed by atoms with Gasteiger partial charge in [0, 0.05) is 26.5 Å². The Bertz CT molecular complexity index is 1160. The van der Waals surface area contributed by atoms with Crippen LogP contribution in [0.5, 0.6) is 0 Å². The van der Waals surface area contributed by atoms with E-state index in [4.69, 9.17) is 23.2 Å². The molecule has 4 nitrogen and oxygen atoms in total. The molecule has 138 valence electrons. The van der Waals surface area contributed by atoms with Gasteiger partial charge in [0.2, 0.25) is 0 Å². The monoisotopic (exact) mass is 407 g/mol. The number of hydrogen-bond acceptors (Lipinski definition) is 2. The summed E-state index contributed by atoms with van der Waals surface area (Å²) in [6, 6.07) is 22.3. The molecular weight excluding hydrogens is 393 g/mol. The van der Waals surface area contributed by atoms with Crippen molar-refractivity contribution in [3.05, 3.63) is 94.1 Å². The average Bonchev–Trinajstić information content (AvgIpc) is 3.10. The van der Waals surface area contributed by atoms with E-state index in [0.717, 1.165) is 27.6 Å². The number of carbonyl (C=O) groups is 1. The summed E-state index contributed by atoms with van der Waals surface area (Å²) >= 11 is 11.9. The Labute approximate surface area is 171 Å². The van der Waals surface area contributed by atoms with Crippen molar-refractivity contribution in [2.45, 2.75) is 0 Å². The third kappa shape index (κ3) is 3.79. The minimum absolute atomic E-state index is 0.327. The van der Waals surface area contributed by atoms with E-state index in [2.05, 4.69) is 15.5 Å². The molecule has 1 amide bonds. The predicted octanol–water partition coefficient (Wildman–Crippen LogP) is 5.91. The van der Waals surface area contributed by atoms with Crippen molar-refractivity contribution in [3.8, 4) is 11.1 Å². The summed E-state index contributed by atoms with van der Waals surface area (Å²) in [6.07, 6.45) is 1.57. The molecule has 0 radical (unpaired) electrons. The molecule has 0 aliphatic rings. The topological polar surface area (TPSA) is 57.2 Å². The molecule has 1 heterocycles. The summed E-state index contributed by atoms with van der Waals surface area (Å²) in [4.78, 5) is 16.0. The molecule has 0 bridgehead atoms. The molecule has 0 spiro atoms. The molecule has 28 heavy (non-hydrogen) atoms. The van der Waals surface area contributed by atoms with Gasteiger partial charge in [0.25, 0.3) is 5.91 Å². The van der Waals surface area contributed by atoms with Crippen LogP contribution in [0.25, 0.3) is 22.0 Å². The van der Waals surface area contributed by atoms with Gasteiger partial charge in [-0.3, -0.25) is 4.79 Å². The number of nitrogens with zero attached hydrogens (tertiary/aromatic N) is 1. The number of para-hydroxylation sites is 1. The summed E-state index contributed by atoms with van der Waals surface area (Å²) in [6.45, 7) is 0. The molecule has 4 aromatic rings. The third-order valence-corrected chi connectivity index (χ3v) is 4.82. The first-order valence-corrected chi connectivity index (χ1v) is 9.33. The zero-order chi connectivity index (χ0) is 19.5. The Kier molecular flexibility index (Phi) is 5.15. The number of benzene rings is 3. The van der Waals surface area contributed by atoms with Gasteiger partial charge in [-0.1, -0.05) is 65.7 Å². The second-order valence-corrected chi connectivity index (χ2v) is 7.05. The predicted molar refractivity (Wildman–Crippen MR) is 115 cm³/mol. The molecule has 3 aromatic carbocycles. The summed E-state index contributed by atoms with van der Waals surface area (Å²) < 4.78 is 0. The highest BCUT2D eigenvalue weighted by atomic mass is 35.5. The maximum Gasteiger partial charge on any atom is 0.288 e. The zero-order valence-electron chi connectivity index (χ0n) is 14.6. The fourth-order valence-corrected chi connectivity index (χ4v) is 3.25. The first kappa shape index (κ1) is 18.3. The number of fused-ring (bicyclic) bond motifs is 1. The van der Waals surface area contributed by atoms with E-state index < -0.39 is 0 Å². The van der Waals surface area contributed by atoms with Gasteiger partial charge in [-0.25, -0.2) is 5.43 Å². The third-order valence-electron chi connectivity index (χ3n) is 4.32. The molecule has 0 unspecified atom stereocenters. The largest absolute Gasteiger partial charge is 0.350 e. The van der Waals surface area contributed by atoms with Crippen LogP contribution in [0.3, 0.4) is 0 Å². The highest BCUT2D eigenvalue weighted by molar-refractivity contribution is 6.31. The minimum Gasteiger partial charge on any atom is -0.350 e. The zero-order valence-corrected chi connectivity index (χ0v) is 16.1. The highest BCUT2D eigenvalue weighted by Crippen LogP contribution is 2.33. The fraction of sp³-hybridized carbons (Fsp3) is 0. The van der Waals surface area contributed by atoms with Crippen molar-refractivity contribution in [1.82, 2.24) is 10.4 Å². The number of rotatable bonds is 4. The highest BCUT2D eigenvalue weighted by Gasteiger charge is 2.18. The Hall–Kier alpha value is -3.08. The Balaban J connectivity index is 1.67. The van der Waals surface area contributed by atoms with Crippen LogP contribution in [-0.4, -0.2) is 17.1 Å². The molecule has 1 aromatic heterocycles. The minimum atomic E-state index is -0.327. The van der Waals surface area contributed by atoms with Crippen LogP contribution in [0, 0.1) is 0 Å². The SMILES string of the molecule is O=C(N/N=C/c1ccc(Cl)cc1)c1[nH]c2ccccc2c1-c1ccc(Cl)cc1. The Morgan fingerprint density at radius 3 is 2.25 bits per heavy atom. The maximum atomic E-state index is 12.8. The summed E-state index contributed by atoms with van der Waals surface area (Å²) in [7, 11) is 0. The second-order valence-electron chi connectivity index (χ2n) is 6.18. The maximum absolute atomic E-state index is 12.8. The van der Waals surface area contributed by atoms with Crippen molar-refractivity contribution < 1.29 is 4.79 Å². The Morgan fingerprint density at radius 2 is 1.54 bits per heavy atom. The van der Waals surface area contributed by atoms with Gasteiger partial charge >= 0.3 is 0 Å². The van der Waals surface area contributed by atoms with Gasteiger partial charge in [0.05, 0.1) is 6.21 Å². The van der Waals surface area contributed by atoms with Crippen LogP contribution >= 0.6 is 23.2 Å². The number of carbonyl (C=O) groups excluding carboxylic acids is 1. The second kappa shape index (κ2) is 7.89. The van der Waals surface area contributed by atoms with Crippen LogP contribution < -0.4 is 5.43 Å². The van der Waals surface area contributed by atoms with E-state index in [1.54, 1.807) is 30.5 Å². The number of halogens is 2. The molecule has 0 fully saturated rings. The lowest BCUT2D eigenvalue weighted by Crippen LogP contribution is -2.18. The van der Waals surface area contributed by atoms with E-state index in [1.165, 1.54) is 0 Å². The number of hydrazone groups is 1. The lowest BCUT2D eigenvalue weighted by Gasteiger charge is -2.05. The molecule has 0 saturated heterocycles. The first-order valence-electron chi connectivity index (χ1n) is 8.57. The van der Waals surface area contributed by atoms with Gasteiger partial charge in [-0.2, -0.15) is 5.10 Å². The van der Waals surface area contributed by atoms with E-state index in [-0.39, 0.29) is 5.91 Å². The van der Waals surface area contributed by atoms with E-state index >= 15 is 0 Å².